The third-order valence-corrected chi connectivity index (χ3v) is 2.29. The summed E-state index contributed by atoms with van der Waals surface area (Å²) in [6, 6.07) is 0. The molecule has 2 unspecified atom stereocenters. The molecule has 1 rings (SSSR count). The van der Waals surface area contributed by atoms with Crippen molar-refractivity contribution in [2.45, 2.75) is 51.7 Å². The lowest BCUT2D eigenvalue weighted by Crippen LogP contribution is -2.35. The maximum absolute atomic E-state index is 10.9. The Morgan fingerprint density at radius 3 is 2.85 bits per heavy atom. The third-order valence-electron chi connectivity index (χ3n) is 2.29. The number of rotatable bonds is 3. The first-order chi connectivity index (χ1) is 6.09. The molecular formula is C10H18O3. The molecule has 1 fully saturated rings. The minimum absolute atomic E-state index is 0.168. The lowest BCUT2D eigenvalue weighted by molar-refractivity contribution is -0.161. The number of carbonyl (C=O) groups excluding carboxylic acids is 1. The topological polar surface area (TPSA) is 46.5 Å². The normalized spacial score (nSPS) is 25.8. The summed E-state index contributed by atoms with van der Waals surface area (Å²) in [5.74, 6) is 0.273. The first kappa shape index (κ1) is 10.5. The van der Waals surface area contributed by atoms with Gasteiger partial charge in [-0.3, -0.25) is 4.79 Å². The van der Waals surface area contributed by atoms with Crippen molar-refractivity contribution in [2.24, 2.45) is 5.92 Å². The second-order valence-electron chi connectivity index (χ2n) is 4.12. The molecule has 1 aliphatic heterocycles. The third kappa shape index (κ3) is 3.35. The van der Waals surface area contributed by atoms with E-state index >= 15 is 0 Å². The van der Waals surface area contributed by atoms with Gasteiger partial charge < -0.3 is 9.84 Å². The molecule has 2 atom stereocenters. The van der Waals surface area contributed by atoms with Gasteiger partial charge in [0.15, 0.2) is 0 Å². The van der Waals surface area contributed by atoms with Crippen molar-refractivity contribution in [3.05, 3.63) is 0 Å². The van der Waals surface area contributed by atoms with Crippen LogP contribution in [-0.4, -0.2) is 23.3 Å². The SMILES string of the molecule is CC(C)CC(O)C1CCCC(=O)O1. The highest BCUT2D eigenvalue weighted by molar-refractivity contribution is 5.70. The molecular weight excluding hydrogens is 168 g/mol. The first-order valence-electron chi connectivity index (χ1n) is 4.97. The predicted molar refractivity (Wildman–Crippen MR) is 49.2 cm³/mol. The van der Waals surface area contributed by atoms with Gasteiger partial charge in [-0.05, 0) is 25.2 Å². The van der Waals surface area contributed by atoms with Crippen LogP contribution in [0.25, 0.3) is 0 Å². The Morgan fingerprint density at radius 1 is 1.62 bits per heavy atom. The number of aliphatic hydroxyl groups is 1. The molecule has 0 amide bonds. The van der Waals surface area contributed by atoms with Crippen molar-refractivity contribution >= 4 is 5.97 Å². The number of carbonyl (C=O) groups is 1. The molecule has 0 aromatic carbocycles. The molecule has 0 spiro atoms. The molecule has 76 valence electrons. The summed E-state index contributed by atoms with van der Waals surface area (Å²) in [4.78, 5) is 10.9. The van der Waals surface area contributed by atoms with E-state index < -0.39 is 6.10 Å². The van der Waals surface area contributed by atoms with E-state index in [9.17, 15) is 9.90 Å². The molecule has 13 heavy (non-hydrogen) atoms. The molecule has 1 N–H and O–H groups in total. The number of aliphatic hydroxyl groups excluding tert-OH is 1. The van der Waals surface area contributed by atoms with Crippen LogP contribution >= 0.6 is 0 Å². The summed E-state index contributed by atoms with van der Waals surface area (Å²) in [7, 11) is 0. The van der Waals surface area contributed by atoms with Crippen LogP contribution in [0.15, 0.2) is 0 Å². The van der Waals surface area contributed by atoms with E-state index in [1.54, 1.807) is 0 Å². The fourth-order valence-corrected chi connectivity index (χ4v) is 1.64. The Hall–Kier alpha value is -0.570. The summed E-state index contributed by atoms with van der Waals surface area (Å²) in [5.41, 5.74) is 0. The average Bonchev–Trinajstić information content (AvgIpc) is 2.03. The molecule has 3 heteroatoms. The molecule has 0 radical (unpaired) electrons. The molecule has 0 aromatic rings. The van der Waals surface area contributed by atoms with Gasteiger partial charge in [-0.2, -0.15) is 0 Å². The van der Waals surface area contributed by atoms with Crippen molar-refractivity contribution < 1.29 is 14.6 Å². The quantitative estimate of drug-likeness (QED) is 0.679. The monoisotopic (exact) mass is 186 g/mol. The van der Waals surface area contributed by atoms with E-state index in [4.69, 9.17) is 4.74 Å². The zero-order valence-corrected chi connectivity index (χ0v) is 8.32. The zero-order valence-electron chi connectivity index (χ0n) is 8.32. The Bertz CT molecular complexity index is 177. The average molecular weight is 186 g/mol. The minimum Gasteiger partial charge on any atom is -0.460 e. The van der Waals surface area contributed by atoms with Crippen LogP contribution in [0.3, 0.4) is 0 Å². The molecule has 1 saturated heterocycles. The van der Waals surface area contributed by atoms with Crippen molar-refractivity contribution in [3.8, 4) is 0 Å². The molecule has 1 heterocycles. The lowest BCUT2D eigenvalue weighted by Gasteiger charge is -2.27. The predicted octanol–water partition coefficient (Wildman–Crippen LogP) is 1.49. The Labute approximate surface area is 79.1 Å². The number of ether oxygens (including phenoxy) is 1. The van der Waals surface area contributed by atoms with Crippen molar-refractivity contribution in [2.75, 3.05) is 0 Å². The summed E-state index contributed by atoms with van der Waals surface area (Å²) in [6.07, 6.45) is 2.12. The highest BCUT2D eigenvalue weighted by atomic mass is 16.6. The molecule has 1 aliphatic rings. The molecule has 0 bridgehead atoms. The number of hydrogen-bond acceptors (Lipinski definition) is 3. The van der Waals surface area contributed by atoms with Gasteiger partial charge >= 0.3 is 5.97 Å². The van der Waals surface area contributed by atoms with Crippen molar-refractivity contribution in [3.63, 3.8) is 0 Å². The smallest absolute Gasteiger partial charge is 0.306 e. The van der Waals surface area contributed by atoms with E-state index in [1.165, 1.54) is 0 Å². The van der Waals surface area contributed by atoms with Gasteiger partial charge in [-0.15, -0.1) is 0 Å². The fraction of sp³-hybridized carbons (Fsp3) is 0.900. The Balaban J connectivity index is 2.36. The van der Waals surface area contributed by atoms with Crippen LogP contribution in [0.5, 0.6) is 0 Å². The second kappa shape index (κ2) is 4.61. The van der Waals surface area contributed by atoms with Crippen molar-refractivity contribution in [1.29, 1.82) is 0 Å². The summed E-state index contributed by atoms with van der Waals surface area (Å²) < 4.78 is 5.06. The van der Waals surface area contributed by atoms with Crippen LogP contribution < -0.4 is 0 Å². The van der Waals surface area contributed by atoms with E-state index in [0.717, 1.165) is 12.8 Å². The van der Waals surface area contributed by atoms with Crippen LogP contribution in [-0.2, 0) is 9.53 Å². The van der Waals surface area contributed by atoms with Gasteiger partial charge in [-0.25, -0.2) is 0 Å². The Morgan fingerprint density at radius 2 is 2.31 bits per heavy atom. The minimum atomic E-state index is -0.482. The van der Waals surface area contributed by atoms with E-state index in [2.05, 4.69) is 0 Å². The van der Waals surface area contributed by atoms with E-state index in [1.807, 2.05) is 13.8 Å². The van der Waals surface area contributed by atoms with Gasteiger partial charge in [0.05, 0.1) is 6.10 Å². The Kier molecular flexibility index (Phi) is 3.72. The lowest BCUT2D eigenvalue weighted by atomic mass is 9.97. The van der Waals surface area contributed by atoms with Crippen molar-refractivity contribution in [1.82, 2.24) is 0 Å². The van der Waals surface area contributed by atoms with Gasteiger partial charge in [0.1, 0.15) is 6.10 Å². The number of hydrogen-bond donors (Lipinski definition) is 1. The molecule has 0 aromatic heterocycles. The first-order valence-corrected chi connectivity index (χ1v) is 4.97. The maximum atomic E-state index is 10.9. The second-order valence-corrected chi connectivity index (χ2v) is 4.12. The summed E-state index contributed by atoms with van der Waals surface area (Å²) >= 11 is 0. The van der Waals surface area contributed by atoms with Gasteiger partial charge in [-0.1, -0.05) is 13.8 Å². The maximum Gasteiger partial charge on any atom is 0.306 e. The fourth-order valence-electron chi connectivity index (χ4n) is 1.64. The number of esters is 1. The molecule has 0 aliphatic carbocycles. The van der Waals surface area contributed by atoms with Gasteiger partial charge in [0.25, 0.3) is 0 Å². The summed E-state index contributed by atoms with van der Waals surface area (Å²) in [5, 5.41) is 9.68. The molecule has 0 saturated carbocycles. The standard InChI is InChI=1S/C10H18O3/c1-7(2)6-8(11)9-4-3-5-10(12)13-9/h7-9,11H,3-6H2,1-2H3. The van der Waals surface area contributed by atoms with Crippen LogP contribution in [0.1, 0.15) is 39.5 Å². The molecule has 3 nitrogen and oxygen atoms in total. The van der Waals surface area contributed by atoms with Crippen LogP contribution in [0.2, 0.25) is 0 Å². The van der Waals surface area contributed by atoms with Gasteiger partial charge in [0.2, 0.25) is 0 Å². The zero-order chi connectivity index (χ0) is 9.84. The largest absolute Gasteiger partial charge is 0.460 e. The van der Waals surface area contributed by atoms with E-state index in [0.29, 0.717) is 18.8 Å². The van der Waals surface area contributed by atoms with Gasteiger partial charge in [0, 0.05) is 6.42 Å². The summed E-state index contributed by atoms with van der Waals surface area (Å²) in [6.45, 7) is 4.10. The van der Waals surface area contributed by atoms with Crippen LogP contribution in [0, 0.1) is 5.92 Å². The van der Waals surface area contributed by atoms with Crippen LogP contribution in [0.4, 0.5) is 0 Å². The highest BCUT2D eigenvalue weighted by Gasteiger charge is 2.27. The number of cyclic esters (lactones) is 1. The highest BCUT2D eigenvalue weighted by Crippen LogP contribution is 2.20. The van der Waals surface area contributed by atoms with E-state index in [-0.39, 0.29) is 12.1 Å².